The molecule has 3 nitrogen and oxygen atoms in total. The van der Waals surface area contributed by atoms with E-state index in [2.05, 4.69) is 6.92 Å². The second-order valence-corrected chi connectivity index (χ2v) is 5.84. The number of fused-ring (bicyclic) bond motifs is 3. The Balaban J connectivity index is 1.74. The molecule has 0 amide bonds. The van der Waals surface area contributed by atoms with E-state index in [1.165, 1.54) is 32.1 Å². The van der Waals surface area contributed by atoms with Gasteiger partial charge in [-0.05, 0) is 0 Å². The Kier molecular flexibility index (Phi) is 2.34. The van der Waals surface area contributed by atoms with Gasteiger partial charge in [0.1, 0.15) is 0 Å². The zero-order valence-electron chi connectivity index (χ0n) is 9.54. The van der Waals surface area contributed by atoms with Crippen molar-refractivity contribution in [3.8, 4) is 0 Å². The zero-order valence-corrected chi connectivity index (χ0v) is 9.54. The monoisotopic (exact) mass is 211 g/mol. The molecule has 4 rings (SSSR count). The molecule has 1 aliphatic carbocycles. The van der Waals surface area contributed by atoms with Crippen molar-refractivity contribution in [1.29, 1.82) is 0 Å². The van der Waals surface area contributed by atoms with Crippen LogP contribution < -0.4 is 0 Å². The first-order valence-electron chi connectivity index (χ1n) is 6.28. The minimum Gasteiger partial charge on any atom is -0.544 e. The van der Waals surface area contributed by atoms with Gasteiger partial charge >= 0.3 is 6.75 Å². The van der Waals surface area contributed by atoms with Crippen LogP contribution in [-0.2, 0) is 14.0 Å². The Hall–Kier alpha value is -0.0551. The molecular weight excluding hydrogens is 191 g/mol. The van der Waals surface area contributed by atoms with Crippen LogP contribution in [0.5, 0.6) is 0 Å². The minimum atomic E-state index is -1.37. The molecule has 1 saturated carbocycles. The molecule has 0 aromatic heterocycles. The molecule has 0 atom stereocenters. The van der Waals surface area contributed by atoms with Gasteiger partial charge in [-0.2, -0.15) is 0 Å². The molecule has 15 heavy (non-hydrogen) atoms. The summed E-state index contributed by atoms with van der Waals surface area (Å²) >= 11 is 0. The second-order valence-electron chi connectivity index (χ2n) is 5.84. The predicted molar refractivity (Wildman–Crippen MR) is 58.6 cm³/mol. The maximum atomic E-state index is 5.93. The van der Waals surface area contributed by atoms with Crippen LogP contribution in [0.3, 0.4) is 0 Å². The smallest absolute Gasteiger partial charge is 0.382 e. The van der Waals surface area contributed by atoms with Crippen LogP contribution >= 0.6 is 0 Å². The van der Waals surface area contributed by atoms with Gasteiger partial charge in [-0.15, -0.1) is 0 Å². The fourth-order valence-electron chi connectivity index (χ4n) is 3.17. The van der Waals surface area contributed by atoms with E-state index < -0.39 is 6.75 Å². The van der Waals surface area contributed by atoms with Crippen LogP contribution in [0.25, 0.3) is 0 Å². The Bertz CT molecular complexity index is 226. The Morgan fingerprint density at radius 3 is 2.00 bits per heavy atom. The lowest BCUT2D eigenvalue weighted by Crippen LogP contribution is -2.65. The first kappa shape index (κ1) is 10.1. The van der Waals surface area contributed by atoms with Crippen LogP contribution in [-0.4, -0.2) is 26.6 Å². The lowest BCUT2D eigenvalue weighted by Gasteiger charge is -2.61. The fraction of sp³-hybridized carbons (Fsp3) is 1.00. The van der Waals surface area contributed by atoms with Crippen molar-refractivity contribution in [2.45, 2.75) is 44.8 Å². The van der Waals surface area contributed by atoms with Crippen LogP contribution in [0.15, 0.2) is 0 Å². The molecule has 0 unspecified atom stereocenters. The summed E-state index contributed by atoms with van der Waals surface area (Å²) in [7, 11) is 0. The molecule has 4 heteroatoms. The summed E-state index contributed by atoms with van der Waals surface area (Å²) in [5.74, 6) is 0.517. The Morgan fingerprint density at radius 2 is 1.47 bits per heavy atom. The van der Waals surface area contributed by atoms with Crippen LogP contribution in [0.2, 0.25) is 5.82 Å². The third kappa shape index (κ3) is 1.63. The van der Waals surface area contributed by atoms with E-state index in [0.717, 1.165) is 19.8 Å². The summed E-state index contributed by atoms with van der Waals surface area (Å²) in [4.78, 5) is 0. The number of hydrogen-bond donors (Lipinski definition) is 0. The molecular formula is C11H20BO3-. The van der Waals surface area contributed by atoms with Gasteiger partial charge in [0.2, 0.25) is 0 Å². The SMILES string of the molecule is CC12CO[B-](C3CCCCC3)(OC1)OC2. The molecule has 0 radical (unpaired) electrons. The Labute approximate surface area is 91.5 Å². The van der Waals surface area contributed by atoms with Gasteiger partial charge in [-0.25, -0.2) is 0 Å². The molecule has 0 aromatic carbocycles. The van der Waals surface area contributed by atoms with Crippen molar-refractivity contribution in [3.63, 3.8) is 0 Å². The van der Waals surface area contributed by atoms with Gasteiger partial charge in [-0.3, -0.25) is 0 Å². The molecule has 86 valence electrons. The molecule has 3 heterocycles. The van der Waals surface area contributed by atoms with Crippen molar-refractivity contribution < 1.29 is 14.0 Å². The second kappa shape index (κ2) is 3.47. The standard InChI is InChI=1S/C11H20BO3/c1-11-7-13-12(14-8-11,15-9-11)10-5-3-2-4-6-10/h10H,2-9H2,1H3/q-1. The summed E-state index contributed by atoms with van der Waals surface area (Å²) in [6, 6.07) is 0. The minimum absolute atomic E-state index is 0.109. The van der Waals surface area contributed by atoms with Crippen molar-refractivity contribution >= 4 is 6.75 Å². The highest BCUT2D eigenvalue weighted by atomic mass is 16.8. The zero-order chi connectivity index (χ0) is 10.4. The van der Waals surface area contributed by atoms with Crippen molar-refractivity contribution in [2.24, 2.45) is 5.41 Å². The summed E-state index contributed by atoms with van der Waals surface area (Å²) in [6.45, 7) is 3.27. The molecule has 0 spiro atoms. The quantitative estimate of drug-likeness (QED) is 0.623. The number of rotatable bonds is 1. The average molecular weight is 211 g/mol. The maximum absolute atomic E-state index is 5.93. The highest BCUT2D eigenvalue weighted by molar-refractivity contribution is 6.62. The van der Waals surface area contributed by atoms with E-state index in [0.29, 0.717) is 5.82 Å². The van der Waals surface area contributed by atoms with E-state index in [1.54, 1.807) is 0 Å². The van der Waals surface area contributed by atoms with E-state index in [-0.39, 0.29) is 5.41 Å². The van der Waals surface area contributed by atoms with E-state index >= 15 is 0 Å². The van der Waals surface area contributed by atoms with Crippen LogP contribution in [0.1, 0.15) is 39.0 Å². The van der Waals surface area contributed by atoms with Crippen molar-refractivity contribution in [1.82, 2.24) is 0 Å². The molecule has 3 saturated heterocycles. The number of hydrogen-bond acceptors (Lipinski definition) is 3. The normalized spacial score (nSPS) is 47.0. The molecule has 0 N–H and O–H groups in total. The third-order valence-electron chi connectivity index (χ3n) is 4.22. The van der Waals surface area contributed by atoms with Crippen molar-refractivity contribution in [2.75, 3.05) is 19.8 Å². The first-order chi connectivity index (χ1) is 7.23. The molecule has 3 aliphatic heterocycles. The molecule has 4 fully saturated rings. The lowest BCUT2D eigenvalue weighted by atomic mass is 9.55. The van der Waals surface area contributed by atoms with Crippen molar-refractivity contribution in [3.05, 3.63) is 0 Å². The average Bonchev–Trinajstić information content (AvgIpc) is 2.32. The lowest BCUT2D eigenvalue weighted by molar-refractivity contribution is -0.133. The van der Waals surface area contributed by atoms with E-state index in [1.807, 2.05) is 0 Å². The largest absolute Gasteiger partial charge is 0.544 e. The van der Waals surface area contributed by atoms with Gasteiger partial charge < -0.3 is 14.0 Å². The topological polar surface area (TPSA) is 27.7 Å². The highest BCUT2D eigenvalue weighted by Gasteiger charge is 2.49. The summed E-state index contributed by atoms with van der Waals surface area (Å²) in [6.07, 6.45) is 6.41. The molecule has 4 aliphatic rings. The van der Waals surface area contributed by atoms with Crippen LogP contribution in [0.4, 0.5) is 0 Å². The first-order valence-corrected chi connectivity index (χ1v) is 6.28. The third-order valence-corrected chi connectivity index (χ3v) is 4.22. The maximum Gasteiger partial charge on any atom is 0.382 e. The van der Waals surface area contributed by atoms with Crippen LogP contribution in [0, 0.1) is 5.41 Å². The van der Waals surface area contributed by atoms with E-state index in [4.69, 9.17) is 14.0 Å². The van der Waals surface area contributed by atoms with Gasteiger partial charge in [0, 0.05) is 25.2 Å². The predicted octanol–water partition coefficient (Wildman–Crippen LogP) is 2.34. The Morgan fingerprint density at radius 1 is 0.933 bits per heavy atom. The van der Waals surface area contributed by atoms with Gasteiger partial charge in [0.15, 0.2) is 0 Å². The molecule has 2 bridgehead atoms. The summed E-state index contributed by atoms with van der Waals surface area (Å²) in [5.41, 5.74) is 0.109. The summed E-state index contributed by atoms with van der Waals surface area (Å²) in [5, 5.41) is 0. The summed E-state index contributed by atoms with van der Waals surface area (Å²) < 4.78 is 17.8. The van der Waals surface area contributed by atoms with Gasteiger partial charge in [0.25, 0.3) is 0 Å². The fourth-order valence-corrected chi connectivity index (χ4v) is 3.17. The van der Waals surface area contributed by atoms with Gasteiger partial charge in [0.05, 0.1) is 0 Å². The highest BCUT2D eigenvalue weighted by Crippen LogP contribution is 2.46. The molecule has 0 aromatic rings. The van der Waals surface area contributed by atoms with E-state index in [9.17, 15) is 0 Å². The van der Waals surface area contributed by atoms with Gasteiger partial charge in [-0.1, -0.05) is 44.8 Å².